The van der Waals surface area contributed by atoms with E-state index in [9.17, 15) is 4.79 Å². The number of rotatable bonds is 6. The molecule has 0 bridgehead atoms. The van der Waals surface area contributed by atoms with Gasteiger partial charge in [0.1, 0.15) is 18.5 Å². The number of hydrogen-bond acceptors (Lipinski definition) is 6. The van der Waals surface area contributed by atoms with Crippen LogP contribution in [-0.2, 0) is 17.7 Å². The van der Waals surface area contributed by atoms with Gasteiger partial charge in [-0.2, -0.15) is 10.4 Å². The van der Waals surface area contributed by atoms with Crippen molar-refractivity contribution in [2.45, 2.75) is 44.9 Å². The zero-order valence-corrected chi connectivity index (χ0v) is 16.4. The van der Waals surface area contributed by atoms with Gasteiger partial charge >= 0.3 is 0 Å². The van der Waals surface area contributed by atoms with E-state index >= 15 is 0 Å². The number of fused-ring (bicyclic) bond motifs is 2. The molecule has 3 heterocycles. The van der Waals surface area contributed by atoms with Gasteiger partial charge in [-0.15, -0.1) is 0 Å². The van der Waals surface area contributed by atoms with Crippen LogP contribution in [0, 0.1) is 11.3 Å². The van der Waals surface area contributed by atoms with Gasteiger partial charge in [-0.1, -0.05) is 6.92 Å². The summed E-state index contributed by atoms with van der Waals surface area (Å²) >= 11 is 0. The van der Waals surface area contributed by atoms with Crippen LogP contribution in [-0.4, -0.2) is 47.7 Å². The number of carbonyl (C=O) groups excluding carboxylic acids is 1. The fraction of sp³-hybridized carbons (Fsp3) is 0.476. The highest BCUT2D eigenvalue weighted by Gasteiger charge is 2.26. The summed E-state index contributed by atoms with van der Waals surface area (Å²) in [6.07, 6.45) is 2.37. The highest BCUT2D eigenvalue weighted by atomic mass is 16.5. The fourth-order valence-corrected chi connectivity index (χ4v) is 3.55. The van der Waals surface area contributed by atoms with Crippen LogP contribution < -0.4 is 14.8 Å². The topological polar surface area (TPSA) is 98.4 Å². The van der Waals surface area contributed by atoms with E-state index in [0.717, 1.165) is 30.8 Å². The van der Waals surface area contributed by atoms with E-state index in [0.29, 0.717) is 43.3 Å². The van der Waals surface area contributed by atoms with Gasteiger partial charge in [0.25, 0.3) is 5.91 Å². The molecule has 0 radical (unpaired) electrons. The molecule has 8 heteroatoms. The van der Waals surface area contributed by atoms with Gasteiger partial charge in [0, 0.05) is 25.6 Å². The summed E-state index contributed by atoms with van der Waals surface area (Å²) in [5, 5.41) is 16.4. The molecule has 0 saturated heterocycles. The van der Waals surface area contributed by atoms with Crippen LogP contribution in [0.4, 0.5) is 0 Å². The average molecular weight is 396 g/mol. The Bertz CT molecular complexity index is 933. The molecule has 2 aromatic rings. The minimum Gasteiger partial charge on any atom is -0.491 e. The summed E-state index contributed by atoms with van der Waals surface area (Å²) in [4.78, 5) is 12.7. The van der Waals surface area contributed by atoms with Gasteiger partial charge in [-0.3, -0.25) is 4.79 Å². The molecule has 1 aromatic carbocycles. The van der Waals surface area contributed by atoms with E-state index in [-0.39, 0.29) is 18.1 Å². The molecule has 1 aromatic heterocycles. The average Bonchev–Trinajstić information content (AvgIpc) is 3.17. The third-order valence-electron chi connectivity index (χ3n) is 5.01. The second-order valence-corrected chi connectivity index (χ2v) is 7.31. The summed E-state index contributed by atoms with van der Waals surface area (Å²) in [7, 11) is 0. The van der Waals surface area contributed by atoms with Crippen molar-refractivity contribution in [3.8, 4) is 17.7 Å². The second kappa shape index (κ2) is 8.53. The normalized spacial score (nSPS) is 19.9. The van der Waals surface area contributed by atoms with Crippen molar-refractivity contribution in [1.82, 2.24) is 15.1 Å². The van der Waals surface area contributed by atoms with Crippen LogP contribution in [0.5, 0.6) is 11.6 Å². The Hall–Kier alpha value is -3.05. The minimum atomic E-state index is -0.261. The highest BCUT2D eigenvalue weighted by molar-refractivity contribution is 5.92. The zero-order valence-electron chi connectivity index (χ0n) is 16.4. The molecule has 0 spiro atoms. The number of aryl methyl sites for hydroxylation is 1. The first-order valence-electron chi connectivity index (χ1n) is 9.95. The lowest BCUT2D eigenvalue weighted by Gasteiger charge is -2.25. The summed E-state index contributed by atoms with van der Waals surface area (Å²) in [6.45, 7) is 4.41. The van der Waals surface area contributed by atoms with Crippen LogP contribution >= 0.6 is 0 Å². The molecule has 0 saturated carbocycles. The van der Waals surface area contributed by atoms with Gasteiger partial charge in [0.15, 0.2) is 5.69 Å². The molecule has 1 N–H and O–H groups in total. The number of hydrogen-bond donors (Lipinski definition) is 1. The standard InChI is InChI=1S/C21H24N4O4/c1-2-7-27-13-17-5-6-25-20(29-17)10-18(24-25)21(26)23-16-9-15-8-14(11-22)3-4-19(15)28-12-16/h3-4,8,10,16-17H,2,5-7,9,12-13H2,1H3,(H,23,26)/t16-,17?/m1/s1. The van der Waals surface area contributed by atoms with Crippen LogP contribution in [0.2, 0.25) is 0 Å². The summed E-state index contributed by atoms with van der Waals surface area (Å²) < 4.78 is 18.9. The Morgan fingerprint density at radius 3 is 3.17 bits per heavy atom. The van der Waals surface area contributed by atoms with E-state index in [2.05, 4.69) is 23.4 Å². The Balaban J connectivity index is 1.37. The summed E-state index contributed by atoms with van der Waals surface area (Å²) in [5.41, 5.74) is 1.82. The van der Waals surface area contributed by atoms with Crippen molar-refractivity contribution in [3.05, 3.63) is 41.1 Å². The number of amides is 1. The highest BCUT2D eigenvalue weighted by Crippen LogP contribution is 2.26. The molecule has 8 nitrogen and oxygen atoms in total. The van der Waals surface area contributed by atoms with Crippen LogP contribution in [0.15, 0.2) is 24.3 Å². The first-order chi connectivity index (χ1) is 14.2. The van der Waals surface area contributed by atoms with Crippen molar-refractivity contribution in [2.75, 3.05) is 19.8 Å². The maximum atomic E-state index is 12.7. The summed E-state index contributed by atoms with van der Waals surface area (Å²) in [5.74, 6) is 1.09. The summed E-state index contributed by atoms with van der Waals surface area (Å²) in [6, 6.07) is 8.95. The predicted octanol–water partition coefficient (Wildman–Crippen LogP) is 2.07. The molecular weight excluding hydrogens is 372 g/mol. The van der Waals surface area contributed by atoms with Crippen molar-refractivity contribution in [3.63, 3.8) is 0 Å². The van der Waals surface area contributed by atoms with Gasteiger partial charge in [0.2, 0.25) is 5.88 Å². The van der Waals surface area contributed by atoms with Crippen LogP contribution in [0.1, 0.15) is 41.4 Å². The van der Waals surface area contributed by atoms with Gasteiger partial charge in [-0.05, 0) is 36.6 Å². The van der Waals surface area contributed by atoms with E-state index in [1.54, 1.807) is 28.9 Å². The number of nitriles is 1. The van der Waals surface area contributed by atoms with E-state index in [4.69, 9.17) is 19.5 Å². The first-order valence-corrected chi connectivity index (χ1v) is 9.95. The number of ether oxygens (including phenoxy) is 3. The van der Waals surface area contributed by atoms with Crippen LogP contribution in [0.3, 0.4) is 0 Å². The van der Waals surface area contributed by atoms with Crippen molar-refractivity contribution < 1.29 is 19.0 Å². The monoisotopic (exact) mass is 396 g/mol. The maximum Gasteiger partial charge on any atom is 0.272 e. The molecule has 4 rings (SSSR count). The third-order valence-corrected chi connectivity index (χ3v) is 5.01. The Morgan fingerprint density at radius 1 is 1.45 bits per heavy atom. The number of carbonyl (C=O) groups is 1. The Labute approximate surface area is 169 Å². The second-order valence-electron chi connectivity index (χ2n) is 7.31. The van der Waals surface area contributed by atoms with Crippen molar-refractivity contribution in [2.24, 2.45) is 0 Å². The predicted molar refractivity (Wildman–Crippen MR) is 104 cm³/mol. The third kappa shape index (κ3) is 4.35. The molecule has 29 heavy (non-hydrogen) atoms. The lowest BCUT2D eigenvalue weighted by molar-refractivity contribution is 0.0262. The van der Waals surface area contributed by atoms with E-state index < -0.39 is 0 Å². The quantitative estimate of drug-likeness (QED) is 0.751. The number of nitrogens with zero attached hydrogens (tertiary/aromatic N) is 3. The van der Waals surface area contributed by atoms with E-state index in [1.807, 2.05) is 0 Å². The van der Waals surface area contributed by atoms with Gasteiger partial charge in [0.05, 0.1) is 24.3 Å². The van der Waals surface area contributed by atoms with Crippen LogP contribution in [0.25, 0.3) is 0 Å². The maximum absolute atomic E-state index is 12.7. The molecule has 0 aliphatic carbocycles. The Kier molecular flexibility index (Phi) is 5.67. The Morgan fingerprint density at radius 2 is 2.34 bits per heavy atom. The molecule has 2 atom stereocenters. The molecule has 1 unspecified atom stereocenters. The largest absolute Gasteiger partial charge is 0.491 e. The number of nitrogens with one attached hydrogen (secondary N) is 1. The van der Waals surface area contributed by atoms with Gasteiger partial charge < -0.3 is 19.5 Å². The van der Waals surface area contributed by atoms with Crippen molar-refractivity contribution in [1.29, 1.82) is 5.26 Å². The van der Waals surface area contributed by atoms with E-state index in [1.165, 1.54) is 0 Å². The van der Waals surface area contributed by atoms with Gasteiger partial charge in [-0.25, -0.2) is 4.68 Å². The lowest BCUT2D eigenvalue weighted by Crippen LogP contribution is -2.42. The fourth-order valence-electron chi connectivity index (χ4n) is 3.55. The molecule has 0 fully saturated rings. The molecular formula is C21H24N4O4. The minimum absolute atomic E-state index is 0.0146. The van der Waals surface area contributed by atoms with Crippen molar-refractivity contribution >= 4 is 5.91 Å². The zero-order chi connectivity index (χ0) is 20.2. The molecule has 1 amide bonds. The molecule has 2 aliphatic heterocycles. The number of aromatic nitrogens is 2. The molecule has 152 valence electrons. The first kappa shape index (κ1) is 19.3. The lowest BCUT2D eigenvalue weighted by atomic mass is 10.0. The SMILES string of the molecule is CCCOCC1CCn2nc(C(=O)N[C@H]3COc4ccc(C#N)cc4C3)cc2O1. The smallest absolute Gasteiger partial charge is 0.272 e. The number of benzene rings is 1. The molecule has 2 aliphatic rings.